The van der Waals surface area contributed by atoms with E-state index in [1.54, 1.807) is 13.2 Å². The molecule has 28 heavy (non-hydrogen) atoms. The van der Waals surface area contributed by atoms with Gasteiger partial charge in [0.15, 0.2) is 0 Å². The van der Waals surface area contributed by atoms with E-state index in [0.29, 0.717) is 6.54 Å². The molecule has 1 aliphatic carbocycles. The second-order valence-electron chi connectivity index (χ2n) is 7.77. The largest absolute Gasteiger partial charge is 0.497 e. The van der Waals surface area contributed by atoms with Crippen molar-refractivity contribution in [3.8, 4) is 5.75 Å². The molecule has 1 atom stereocenters. The van der Waals surface area contributed by atoms with Crippen LogP contribution in [0.5, 0.6) is 5.75 Å². The lowest BCUT2D eigenvalue weighted by molar-refractivity contribution is -0.126. The number of methoxy groups -OCH3 is 1. The number of amides is 1. The molecule has 1 fully saturated rings. The normalized spacial score (nSPS) is 16.8. The van der Waals surface area contributed by atoms with E-state index in [-0.39, 0.29) is 17.8 Å². The average molecular weight is 384 g/mol. The highest BCUT2D eigenvalue weighted by molar-refractivity contribution is 5.88. The van der Waals surface area contributed by atoms with Gasteiger partial charge >= 0.3 is 0 Å². The number of carbonyl (C=O) groups is 1. The third-order valence-corrected chi connectivity index (χ3v) is 5.83. The Morgan fingerprint density at radius 2 is 1.89 bits per heavy atom. The lowest BCUT2D eigenvalue weighted by atomic mass is 9.78. The van der Waals surface area contributed by atoms with E-state index >= 15 is 0 Å². The van der Waals surface area contributed by atoms with Crippen LogP contribution in [0.25, 0.3) is 0 Å². The molecule has 1 amide bonds. The molecule has 0 aliphatic heterocycles. The molecule has 1 unspecified atom stereocenters. The van der Waals surface area contributed by atoms with Crippen LogP contribution in [0, 0.1) is 5.82 Å². The molecule has 3 rings (SSSR count). The van der Waals surface area contributed by atoms with Gasteiger partial charge in [-0.05, 0) is 62.3 Å². The van der Waals surface area contributed by atoms with Crippen molar-refractivity contribution in [1.29, 1.82) is 0 Å². The van der Waals surface area contributed by atoms with Gasteiger partial charge in [-0.25, -0.2) is 4.39 Å². The van der Waals surface area contributed by atoms with Crippen LogP contribution >= 0.6 is 0 Å². The minimum atomic E-state index is -0.632. The molecule has 2 aromatic rings. The molecule has 1 aliphatic rings. The van der Waals surface area contributed by atoms with Gasteiger partial charge < -0.3 is 15.0 Å². The highest BCUT2D eigenvalue weighted by atomic mass is 19.1. The van der Waals surface area contributed by atoms with Crippen molar-refractivity contribution in [1.82, 2.24) is 10.2 Å². The summed E-state index contributed by atoms with van der Waals surface area (Å²) in [4.78, 5) is 15.4. The van der Waals surface area contributed by atoms with E-state index in [9.17, 15) is 9.18 Å². The molecule has 0 spiro atoms. The van der Waals surface area contributed by atoms with E-state index in [2.05, 4.69) is 10.2 Å². The maximum atomic E-state index is 13.8. The molecule has 0 radical (unpaired) electrons. The van der Waals surface area contributed by atoms with Gasteiger partial charge in [0, 0.05) is 6.54 Å². The summed E-state index contributed by atoms with van der Waals surface area (Å²) in [6.07, 6.45) is 3.48. The second kappa shape index (κ2) is 8.74. The smallest absolute Gasteiger partial charge is 0.230 e. The van der Waals surface area contributed by atoms with Gasteiger partial charge in [0.2, 0.25) is 5.91 Å². The Kier molecular flexibility index (Phi) is 6.35. The highest BCUT2D eigenvalue weighted by Crippen LogP contribution is 2.41. The summed E-state index contributed by atoms with van der Waals surface area (Å²) in [6, 6.07) is 14.4. The molecule has 150 valence electrons. The number of ether oxygens (including phenoxy) is 1. The Morgan fingerprint density at radius 1 is 1.18 bits per heavy atom. The van der Waals surface area contributed by atoms with E-state index in [1.165, 1.54) is 12.1 Å². The van der Waals surface area contributed by atoms with Crippen LogP contribution < -0.4 is 10.1 Å². The second-order valence-corrected chi connectivity index (χ2v) is 7.77. The van der Waals surface area contributed by atoms with Crippen molar-refractivity contribution in [2.75, 3.05) is 27.7 Å². The first-order chi connectivity index (χ1) is 13.5. The molecule has 0 aromatic heterocycles. The van der Waals surface area contributed by atoms with Crippen molar-refractivity contribution < 1.29 is 13.9 Å². The summed E-state index contributed by atoms with van der Waals surface area (Å²) in [5.74, 6) is 0.493. The first kappa shape index (κ1) is 20.3. The monoisotopic (exact) mass is 384 g/mol. The number of carbonyl (C=O) groups excluding carboxylic acids is 1. The van der Waals surface area contributed by atoms with E-state index < -0.39 is 5.41 Å². The van der Waals surface area contributed by atoms with Crippen LogP contribution in [-0.4, -0.2) is 38.6 Å². The molecule has 0 bridgehead atoms. The molecule has 0 saturated heterocycles. The Bertz CT molecular complexity index is 816. The summed E-state index contributed by atoms with van der Waals surface area (Å²) < 4.78 is 19.2. The van der Waals surface area contributed by atoms with Crippen LogP contribution in [0.2, 0.25) is 0 Å². The summed E-state index contributed by atoms with van der Waals surface area (Å²) >= 11 is 0. The number of hydrogen-bond donors (Lipinski definition) is 1. The average Bonchev–Trinajstić information content (AvgIpc) is 3.19. The predicted molar refractivity (Wildman–Crippen MR) is 109 cm³/mol. The first-order valence-electron chi connectivity index (χ1n) is 9.81. The maximum Gasteiger partial charge on any atom is 0.230 e. The fourth-order valence-electron chi connectivity index (χ4n) is 4.22. The van der Waals surface area contributed by atoms with Gasteiger partial charge in [-0.2, -0.15) is 0 Å². The molecular weight excluding hydrogens is 355 g/mol. The molecular formula is C23H29FN2O2. The number of nitrogens with zero attached hydrogens (tertiary/aromatic N) is 1. The van der Waals surface area contributed by atoms with Crippen molar-refractivity contribution in [2.24, 2.45) is 0 Å². The standard InChI is InChI=1S/C23H29FN2O2/c1-26(2)21(17-8-6-11-20(14-17)28-3)16-25-22(27)23(12-4-5-13-23)18-9-7-10-19(24)15-18/h6-11,14-15,21H,4-5,12-13,16H2,1-3H3,(H,25,27). The zero-order valence-electron chi connectivity index (χ0n) is 16.9. The third kappa shape index (κ3) is 4.20. The number of nitrogens with one attached hydrogen (secondary N) is 1. The van der Waals surface area contributed by atoms with Crippen LogP contribution in [0.3, 0.4) is 0 Å². The quantitative estimate of drug-likeness (QED) is 0.783. The zero-order chi connectivity index (χ0) is 20.1. The maximum absolute atomic E-state index is 13.8. The van der Waals surface area contributed by atoms with Crippen molar-refractivity contribution in [3.05, 3.63) is 65.5 Å². The van der Waals surface area contributed by atoms with Gasteiger partial charge in [0.1, 0.15) is 11.6 Å². The fraction of sp³-hybridized carbons (Fsp3) is 0.435. The molecule has 2 aromatic carbocycles. The first-order valence-corrected chi connectivity index (χ1v) is 9.81. The SMILES string of the molecule is COc1cccc(C(CNC(=O)C2(c3cccc(F)c3)CCCC2)N(C)C)c1. The van der Waals surface area contributed by atoms with Crippen LogP contribution in [0.4, 0.5) is 4.39 Å². The number of rotatable bonds is 7. The lowest BCUT2D eigenvalue weighted by Gasteiger charge is -2.31. The minimum Gasteiger partial charge on any atom is -0.497 e. The van der Waals surface area contributed by atoms with Crippen LogP contribution in [0.1, 0.15) is 42.9 Å². The number of halogens is 1. The van der Waals surface area contributed by atoms with E-state index in [4.69, 9.17) is 4.74 Å². The van der Waals surface area contributed by atoms with Gasteiger partial charge in [0.25, 0.3) is 0 Å². The Balaban J connectivity index is 1.79. The van der Waals surface area contributed by atoms with Crippen molar-refractivity contribution in [3.63, 3.8) is 0 Å². The summed E-state index contributed by atoms with van der Waals surface area (Å²) in [5, 5.41) is 3.16. The molecule has 5 heteroatoms. The van der Waals surface area contributed by atoms with E-state index in [1.807, 2.05) is 44.4 Å². The Hall–Kier alpha value is -2.40. The number of likely N-dealkylation sites (N-methyl/N-ethyl adjacent to an activating group) is 1. The summed E-state index contributed by atoms with van der Waals surface area (Å²) in [5.41, 5.74) is 1.23. The summed E-state index contributed by atoms with van der Waals surface area (Å²) in [6.45, 7) is 0.482. The zero-order valence-corrected chi connectivity index (χ0v) is 16.9. The van der Waals surface area contributed by atoms with E-state index in [0.717, 1.165) is 42.6 Å². The van der Waals surface area contributed by atoms with Gasteiger partial charge in [0.05, 0.1) is 18.6 Å². The number of benzene rings is 2. The molecule has 1 saturated carbocycles. The highest BCUT2D eigenvalue weighted by Gasteiger charge is 2.42. The molecule has 1 N–H and O–H groups in total. The van der Waals surface area contributed by atoms with Gasteiger partial charge in [-0.1, -0.05) is 37.1 Å². The predicted octanol–water partition coefficient (Wildman–Crippen LogP) is 4.07. The Labute approximate surface area is 166 Å². The topological polar surface area (TPSA) is 41.6 Å². The lowest BCUT2D eigenvalue weighted by Crippen LogP contribution is -2.45. The fourth-order valence-corrected chi connectivity index (χ4v) is 4.22. The molecule has 4 nitrogen and oxygen atoms in total. The summed E-state index contributed by atoms with van der Waals surface area (Å²) in [7, 11) is 5.64. The van der Waals surface area contributed by atoms with Crippen molar-refractivity contribution >= 4 is 5.91 Å². The van der Waals surface area contributed by atoms with Gasteiger partial charge in [-0.3, -0.25) is 4.79 Å². The van der Waals surface area contributed by atoms with Crippen LogP contribution in [0.15, 0.2) is 48.5 Å². The number of hydrogen-bond acceptors (Lipinski definition) is 3. The van der Waals surface area contributed by atoms with Gasteiger partial charge in [-0.15, -0.1) is 0 Å². The Morgan fingerprint density at radius 3 is 2.54 bits per heavy atom. The van der Waals surface area contributed by atoms with Crippen LogP contribution in [-0.2, 0) is 10.2 Å². The minimum absolute atomic E-state index is 0.00894. The molecule has 0 heterocycles. The van der Waals surface area contributed by atoms with Crippen molar-refractivity contribution in [2.45, 2.75) is 37.1 Å². The third-order valence-electron chi connectivity index (χ3n) is 5.83.